The van der Waals surface area contributed by atoms with E-state index in [1.54, 1.807) is 12.0 Å². The molecule has 20 heavy (non-hydrogen) atoms. The maximum Gasteiger partial charge on any atom is 0.225 e. The van der Waals surface area contributed by atoms with Crippen molar-refractivity contribution < 1.29 is 14.3 Å². The SMILES string of the molecule is CCCCCCNC(=O)[C@@H]1CC(=O)N([C@@H](C)COC)C1. The normalized spacial score (nSPS) is 20.2. The predicted molar refractivity (Wildman–Crippen MR) is 78.3 cm³/mol. The van der Waals surface area contributed by atoms with Gasteiger partial charge in [0.25, 0.3) is 0 Å². The summed E-state index contributed by atoms with van der Waals surface area (Å²) in [7, 11) is 1.62. The van der Waals surface area contributed by atoms with Crippen LogP contribution in [-0.4, -0.2) is 49.6 Å². The first kappa shape index (κ1) is 17.0. The lowest BCUT2D eigenvalue weighted by molar-refractivity contribution is -0.130. The van der Waals surface area contributed by atoms with E-state index in [1.165, 1.54) is 12.8 Å². The number of carbonyl (C=O) groups excluding carboxylic acids is 2. The Hall–Kier alpha value is -1.10. The smallest absolute Gasteiger partial charge is 0.225 e. The molecule has 2 amide bonds. The number of likely N-dealkylation sites (tertiary alicyclic amines) is 1. The van der Waals surface area contributed by atoms with E-state index in [2.05, 4.69) is 12.2 Å². The minimum Gasteiger partial charge on any atom is -0.383 e. The van der Waals surface area contributed by atoms with Crippen LogP contribution in [0.5, 0.6) is 0 Å². The quantitative estimate of drug-likeness (QED) is 0.654. The molecule has 0 aromatic heterocycles. The Morgan fingerprint density at radius 2 is 2.20 bits per heavy atom. The van der Waals surface area contributed by atoms with E-state index >= 15 is 0 Å². The fraction of sp³-hybridized carbons (Fsp3) is 0.867. The van der Waals surface area contributed by atoms with Crippen molar-refractivity contribution in [3.05, 3.63) is 0 Å². The van der Waals surface area contributed by atoms with Crippen LogP contribution in [0, 0.1) is 5.92 Å². The van der Waals surface area contributed by atoms with Crippen molar-refractivity contribution in [3.63, 3.8) is 0 Å². The lowest BCUT2D eigenvalue weighted by Gasteiger charge is -2.23. The molecule has 1 aliphatic rings. The number of unbranched alkanes of at least 4 members (excludes halogenated alkanes) is 3. The first-order chi connectivity index (χ1) is 9.60. The van der Waals surface area contributed by atoms with E-state index in [4.69, 9.17) is 4.74 Å². The van der Waals surface area contributed by atoms with Gasteiger partial charge in [0.05, 0.1) is 18.6 Å². The molecular formula is C15H28N2O3. The van der Waals surface area contributed by atoms with Gasteiger partial charge in [-0.15, -0.1) is 0 Å². The van der Waals surface area contributed by atoms with Gasteiger partial charge in [-0.05, 0) is 13.3 Å². The van der Waals surface area contributed by atoms with Gasteiger partial charge in [0, 0.05) is 26.6 Å². The standard InChI is InChI=1S/C15H28N2O3/c1-4-5-6-7-8-16-15(19)13-9-14(18)17(10-13)12(2)11-20-3/h12-13H,4-11H2,1-3H3,(H,16,19)/t12-,13+/m0/s1. The first-order valence-corrected chi connectivity index (χ1v) is 7.66. The average Bonchev–Trinajstić information content (AvgIpc) is 2.81. The van der Waals surface area contributed by atoms with Crippen LogP contribution in [0.2, 0.25) is 0 Å². The van der Waals surface area contributed by atoms with E-state index in [0.29, 0.717) is 19.6 Å². The van der Waals surface area contributed by atoms with E-state index in [9.17, 15) is 9.59 Å². The third-order valence-corrected chi connectivity index (χ3v) is 3.80. The maximum atomic E-state index is 12.0. The van der Waals surface area contributed by atoms with Crippen molar-refractivity contribution in [3.8, 4) is 0 Å². The number of nitrogens with zero attached hydrogens (tertiary/aromatic N) is 1. The number of amides is 2. The molecule has 0 aliphatic carbocycles. The van der Waals surface area contributed by atoms with Gasteiger partial charge in [0.2, 0.25) is 11.8 Å². The average molecular weight is 284 g/mol. The van der Waals surface area contributed by atoms with Crippen LogP contribution in [0.25, 0.3) is 0 Å². The Morgan fingerprint density at radius 1 is 1.45 bits per heavy atom. The van der Waals surface area contributed by atoms with Gasteiger partial charge in [0.15, 0.2) is 0 Å². The summed E-state index contributed by atoms with van der Waals surface area (Å²) < 4.78 is 5.07. The predicted octanol–water partition coefficient (Wildman–Crippen LogP) is 1.57. The minimum absolute atomic E-state index is 0.0157. The van der Waals surface area contributed by atoms with Crippen LogP contribution in [0.1, 0.15) is 46.0 Å². The Balaban J connectivity index is 2.30. The zero-order valence-corrected chi connectivity index (χ0v) is 13.0. The summed E-state index contributed by atoms with van der Waals surface area (Å²) in [6.45, 7) is 5.86. The fourth-order valence-electron chi connectivity index (χ4n) is 2.57. The van der Waals surface area contributed by atoms with Gasteiger partial charge in [-0.1, -0.05) is 26.2 Å². The number of hydrogen-bond acceptors (Lipinski definition) is 3. The second-order valence-electron chi connectivity index (χ2n) is 5.60. The van der Waals surface area contributed by atoms with Gasteiger partial charge in [-0.3, -0.25) is 9.59 Å². The number of methoxy groups -OCH3 is 1. The summed E-state index contributed by atoms with van der Waals surface area (Å²) >= 11 is 0. The summed E-state index contributed by atoms with van der Waals surface area (Å²) in [5, 5.41) is 2.95. The van der Waals surface area contributed by atoms with Crippen LogP contribution in [0.3, 0.4) is 0 Å². The van der Waals surface area contributed by atoms with Crippen molar-refractivity contribution in [1.29, 1.82) is 0 Å². The first-order valence-electron chi connectivity index (χ1n) is 7.66. The Kier molecular flexibility index (Phi) is 7.59. The van der Waals surface area contributed by atoms with Crippen molar-refractivity contribution in [2.75, 3.05) is 26.8 Å². The van der Waals surface area contributed by atoms with Crippen molar-refractivity contribution in [1.82, 2.24) is 10.2 Å². The van der Waals surface area contributed by atoms with Crippen LogP contribution in [0.4, 0.5) is 0 Å². The molecule has 0 aromatic carbocycles. The van der Waals surface area contributed by atoms with E-state index < -0.39 is 0 Å². The van der Waals surface area contributed by atoms with Crippen LogP contribution < -0.4 is 5.32 Å². The summed E-state index contributed by atoms with van der Waals surface area (Å²) in [5.41, 5.74) is 0. The number of ether oxygens (including phenoxy) is 1. The molecule has 2 atom stereocenters. The molecular weight excluding hydrogens is 256 g/mol. The Labute approximate surface area is 122 Å². The Bertz CT molecular complexity index is 320. The molecule has 1 fully saturated rings. The molecule has 1 saturated heterocycles. The number of carbonyl (C=O) groups is 2. The highest BCUT2D eigenvalue weighted by molar-refractivity contribution is 5.89. The highest BCUT2D eigenvalue weighted by Gasteiger charge is 2.36. The highest BCUT2D eigenvalue weighted by Crippen LogP contribution is 2.20. The molecule has 0 saturated carbocycles. The van der Waals surface area contributed by atoms with Crippen LogP contribution in [-0.2, 0) is 14.3 Å². The molecule has 1 rings (SSSR count). The third-order valence-electron chi connectivity index (χ3n) is 3.80. The van der Waals surface area contributed by atoms with Crippen molar-refractivity contribution in [2.24, 2.45) is 5.92 Å². The summed E-state index contributed by atoms with van der Waals surface area (Å²) in [5.74, 6) is -0.129. The third kappa shape index (κ3) is 5.12. The molecule has 0 radical (unpaired) electrons. The molecule has 0 spiro atoms. The highest BCUT2D eigenvalue weighted by atomic mass is 16.5. The van der Waals surface area contributed by atoms with Crippen molar-refractivity contribution in [2.45, 2.75) is 52.0 Å². The molecule has 1 aliphatic heterocycles. The van der Waals surface area contributed by atoms with Gasteiger partial charge >= 0.3 is 0 Å². The maximum absolute atomic E-state index is 12.0. The molecule has 1 heterocycles. The topological polar surface area (TPSA) is 58.6 Å². The van der Waals surface area contributed by atoms with Crippen LogP contribution >= 0.6 is 0 Å². The molecule has 5 heteroatoms. The zero-order valence-electron chi connectivity index (χ0n) is 13.0. The summed E-state index contributed by atoms with van der Waals surface area (Å²) in [6.07, 6.45) is 4.90. The van der Waals surface area contributed by atoms with Crippen molar-refractivity contribution >= 4 is 11.8 Å². The minimum atomic E-state index is -0.201. The number of hydrogen-bond donors (Lipinski definition) is 1. The lowest BCUT2D eigenvalue weighted by Crippen LogP contribution is -2.39. The van der Waals surface area contributed by atoms with E-state index in [-0.39, 0.29) is 23.8 Å². The molecule has 0 bridgehead atoms. The molecule has 5 nitrogen and oxygen atoms in total. The number of rotatable bonds is 9. The summed E-state index contributed by atoms with van der Waals surface area (Å²) in [6, 6.07) is 0.0369. The summed E-state index contributed by atoms with van der Waals surface area (Å²) in [4.78, 5) is 25.7. The van der Waals surface area contributed by atoms with Gasteiger partial charge in [-0.2, -0.15) is 0 Å². The second-order valence-corrected chi connectivity index (χ2v) is 5.60. The van der Waals surface area contributed by atoms with E-state index in [1.807, 2.05) is 6.92 Å². The monoisotopic (exact) mass is 284 g/mol. The van der Waals surface area contributed by atoms with Gasteiger partial charge in [-0.25, -0.2) is 0 Å². The number of nitrogens with one attached hydrogen (secondary N) is 1. The second kappa shape index (κ2) is 8.95. The Morgan fingerprint density at radius 3 is 2.85 bits per heavy atom. The van der Waals surface area contributed by atoms with Gasteiger partial charge < -0.3 is 15.0 Å². The molecule has 116 valence electrons. The lowest BCUT2D eigenvalue weighted by atomic mass is 10.1. The molecule has 0 aromatic rings. The van der Waals surface area contributed by atoms with Crippen LogP contribution in [0.15, 0.2) is 0 Å². The molecule has 0 unspecified atom stereocenters. The zero-order chi connectivity index (χ0) is 15.0. The van der Waals surface area contributed by atoms with E-state index in [0.717, 1.165) is 19.4 Å². The largest absolute Gasteiger partial charge is 0.383 e. The fourth-order valence-corrected chi connectivity index (χ4v) is 2.57. The molecule has 1 N–H and O–H groups in total. The van der Waals surface area contributed by atoms with Gasteiger partial charge in [0.1, 0.15) is 0 Å².